The van der Waals surface area contributed by atoms with Gasteiger partial charge in [-0.05, 0) is 36.1 Å². The topological polar surface area (TPSA) is 278 Å². The molecule has 4 unspecified atom stereocenters. The average Bonchev–Trinajstić information content (AvgIpc) is 2.94. The standard InChI is InChI=1S/C28H38N8O7/c29-19(15-23(30)38)24(39)35-21(14-17-8-10-18(37)11-9-17)26(41)36-22(13-16-5-2-1-3-6-16)25(40)34-20(27(42)43)7-4-12-33-28(31)32/h1-3,5-6,8-11,19-22,37H,4,7,12-15,29H2,(H2,30,38)(H,34,40)(H,35,39)(H,36,41)(H,42,43)(H4,31,32,33). The van der Waals surface area contributed by atoms with Crippen molar-refractivity contribution in [2.24, 2.45) is 27.9 Å². The van der Waals surface area contributed by atoms with Crippen LogP contribution in [-0.4, -0.2) is 76.5 Å². The molecule has 2 rings (SSSR count). The fourth-order valence-electron chi connectivity index (χ4n) is 4.03. The number of phenols is 1. The van der Waals surface area contributed by atoms with E-state index in [1.165, 1.54) is 12.1 Å². The Balaban J connectivity index is 2.29. The van der Waals surface area contributed by atoms with Crippen molar-refractivity contribution in [2.45, 2.75) is 56.3 Å². The van der Waals surface area contributed by atoms with E-state index in [0.29, 0.717) is 11.1 Å². The highest BCUT2D eigenvalue weighted by molar-refractivity contribution is 5.95. The minimum absolute atomic E-state index is 0.000181. The molecule has 4 amide bonds. The quantitative estimate of drug-likeness (QED) is 0.0547. The van der Waals surface area contributed by atoms with Crippen molar-refractivity contribution in [3.8, 4) is 5.75 Å². The predicted octanol–water partition coefficient (Wildman–Crippen LogP) is -2.03. The third-order valence-electron chi connectivity index (χ3n) is 6.24. The first kappa shape index (κ1) is 34.0. The zero-order chi connectivity index (χ0) is 31.9. The van der Waals surface area contributed by atoms with Gasteiger partial charge >= 0.3 is 5.97 Å². The molecule has 232 valence electrons. The summed E-state index contributed by atoms with van der Waals surface area (Å²) in [6.45, 7) is 0.155. The summed E-state index contributed by atoms with van der Waals surface area (Å²) in [4.78, 5) is 66.5. The van der Waals surface area contributed by atoms with Crippen LogP contribution in [0.2, 0.25) is 0 Å². The number of nitrogens with two attached hydrogens (primary N) is 4. The highest BCUT2D eigenvalue weighted by Crippen LogP contribution is 2.13. The smallest absolute Gasteiger partial charge is 0.326 e. The van der Waals surface area contributed by atoms with Gasteiger partial charge in [-0.25, -0.2) is 4.79 Å². The summed E-state index contributed by atoms with van der Waals surface area (Å²) in [7, 11) is 0. The van der Waals surface area contributed by atoms with Crippen LogP contribution in [0.3, 0.4) is 0 Å². The maximum atomic E-state index is 13.6. The molecule has 0 spiro atoms. The van der Waals surface area contributed by atoms with Crippen molar-refractivity contribution in [1.82, 2.24) is 16.0 Å². The van der Waals surface area contributed by atoms with Gasteiger partial charge in [-0.3, -0.25) is 24.2 Å². The second-order valence-corrected chi connectivity index (χ2v) is 9.81. The molecule has 0 aliphatic rings. The molecule has 43 heavy (non-hydrogen) atoms. The number of nitrogens with one attached hydrogen (secondary N) is 3. The highest BCUT2D eigenvalue weighted by atomic mass is 16.4. The van der Waals surface area contributed by atoms with E-state index in [1.807, 2.05) is 0 Å². The zero-order valence-electron chi connectivity index (χ0n) is 23.4. The first-order chi connectivity index (χ1) is 20.3. The lowest BCUT2D eigenvalue weighted by Gasteiger charge is -2.25. The predicted molar refractivity (Wildman–Crippen MR) is 157 cm³/mol. The summed E-state index contributed by atoms with van der Waals surface area (Å²) in [6.07, 6.45) is -0.250. The van der Waals surface area contributed by atoms with Crippen molar-refractivity contribution in [3.63, 3.8) is 0 Å². The average molecular weight is 599 g/mol. The van der Waals surface area contributed by atoms with E-state index in [2.05, 4.69) is 20.9 Å². The highest BCUT2D eigenvalue weighted by Gasteiger charge is 2.31. The van der Waals surface area contributed by atoms with Crippen LogP contribution in [0.25, 0.3) is 0 Å². The molecule has 4 atom stereocenters. The third-order valence-corrected chi connectivity index (χ3v) is 6.24. The molecule has 0 saturated heterocycles. The van der Waals surface area contributed by atoms with Gasteiger partial charge in [0.05, 0.1) is 12.5 Å². The molecule has 0 aliphatic carbocycles. The lowest BCUT2D eigenvalue weighted by molar-refractivity contribution is -0.142. The number of carboxylic acids is 1. The Kier molecular flexibility index (Phi) is 13.4. The molecule has 0 aliphatic heterocycles. The van der Waals surface area contributed by atoms with Crippen LogP contribution < -0.4 is 38.9 Å². The molecule has 13 N–H and O–H groups in total. The number of hydrogen-bond acceptors (Lipinski definition) is 8. The van der Waals surface area contributed by atoms with Crippen LogP contribution in [0.15, 0.2) is 59.6 Å². The lowest BCUT2D eigenvalue weighted by atomic mass is 10.0. The van der Waals surface area contributed by atoms with E-state index >= 15 is 0 Å². The summed E-state index contributed by atoms with van der Waals surface area (Å²) in [5.41, 5.74) is 22.7. The third kappa shape index (κ3) is 12.5. The van der Waals surface area contributed by atoms with Gasteiger partial charge in [0, 0.05) is 19.4 Å². The van der Waals surface area contributed by atoms with Gasteiger partial charge in [-0.15, -0.1) is 0 Å². The number of aliphatic imine (C=N–C) groups is 1. The number of rotatable bonds is 17. The summed E-state index contributed by atoms with van der Waals surface area (Å²) in [6, 6.07) is 9.46. The Morgan fingerprint density at radius 1 is 0.744 bits per heavy atom. The number of carbonyl (C=O) groups excluding carboxylic acids is 4. The van der Waals surface area contributed by atoms with E-state index in [9.17, 15) is 34.2 Å². The minimum atomic E-state index is -1.33. The van der Waals surface area contributed by atoms with E-state index in [-0.39, 0.29) is 43.9 Å². The SMILES string of the molecule is NC(=O)CC(N)C(=O)NC(Cc1ccc(O)cc1)C(=O)NC(Cc1ccccc1)C(=O)NC(CCCN=C(N)N)C(=O)O. The number of aliphatic carboxylic acids is 1. The minimum Gasteiger partial charge on any atom is -0.508 e. The number of hydrogen-bond donors (Lipinski definition) is 9. The van der Waals surface area contributed by atoms with Gasteiger partial charge in [0.1, 0.15) is 23.9 Å². The van der Waals surface area contributed by atoms with Crippen molar-refractivity contribution < 1.29 is 34.2 Å². The first-order valence-corrected chi connectivity index (χ1v) is 13.4. The normalized spacial score (nSPS) is 13.4. The molecule has 2 aromatic rings. The summed E-state index contributed by atoms with van der Waals surface area (Å²) in [5, 5.41) is 26.8. The largest absolute Gasteiger partial charge is 0.508 e. The number of benzene rings is 2. The van der Waals surface area contributed by atoms with E-state index in [1.54, 1.807) is 42.5 Å². The van der Waals surface area contributed by atoms with E-state index < -0.39 is 60.2 Å². The molecule has 0 heterocycles. The Morgan fingerprint density at radius 2 is 1.26 bits per heavy atom. The molecule has 15 heteroatoms. The van der Waals surface area contributed by atoms with Gasteiger partial charge in [0.25, 0.3) is 0 Å². The van der Waals surface area contributed by atoms with Crippen LogP contribution in [0.1, 0.15) is 30.4 Å². The number of guanidine groups is 1. The monoisotopic (exact) mass is 598 g/mol. The molecule has 15 nitrogen and oxygen atoms in total. The van der Waals surface area contributed by atoms with Crippen molar-refractivity contribution >= 4 is 35.6 Å². The van der Waals surface area contributed by atoms with Gasteiger partial charge in [-0.2, -0.15) is 0 Å². The maximum absolute atomic E-state index is 13.6. The van der Waals surface area contributed by atoms with Crippen LogP contribution in [0, 0.1) is 0 Å². The molecule has 0 bridgehead atoms. The zero-order valence-corrected chi connectivity index (χ0v) is 23.4. The lowest BCUT2D eigenvalue weighted by Crippen LogP contribution is -2.58. The van der Waals surface area contributed by atoms with Crippen molar-refractivity contribution in [3.05, 3.63) is 65.7 Å². The van der Waals surface area contributed by atoms with E-state index in [4.69, 9.17) is 22.9 Å². The van der Waals surface area contributed by atoms with Crippen LogP contribution in [0.4, 0.5) is 0 Å². The maximum Gasteiger partial charge on any atom is 0.326 e. The Morgan fingerprint density at radius 3 is 1.77 bits per heavy atom. The number of carboxylic acid groups (broad SMARTS) is 1. The van der Waals surface area contributed by atoms with Crippen molar-refractivity contribution in [2.75, 3.05) is 6.54 Å². The van der Waals surface area contributed by atoms with E-state index in [0.717, 1.165) is 0 Å². The van der Waals surface area contributed by atoms with Gasteiger partial charge < -0.3 is 49.1 Å². The van der Waals surface area contributed by atoms with Crippen LogP contribution in [0.5, 0.6) is 5.75 Å². The molecule has 0 saturated carbocycles. The van der Waals surface area contributed by atoms with Gasteiger partial charge in [0.2, 0.25) is 23.6 Å². The van der Waals surface area contributed by atoms with Crippen LogP contribution >= 0.6 is 0 Å². The van der Waals surface area contributed by atoms with Gasteiger partial charge in [0.15, 0.2) is 5.96 Å². The fraction of sp³-hybridized carbons (Fsp3) is 0.357. The number of primary amides is 1. The van der Waals surface area contributed by atoms with Gasteiger partial charge in [-0.1, -0.05) is 42.5 Å². The molecule has 0 fully saturated rings. The Hall–Kier alpha value is -5.18. The number of nitrogens with zero attached hydrogens (tertiary/aromatic N) is 1. The summed E-state index contributed by atoms with van der Waals surface area (Å²) in [5.74, 6) is -4.63. The second-order valence-electron chi connectivity index (χ2n) is 9.81. The molecule has 0 aromatic heterocycles. The number of amides is 4. The second kappa shape index (κ2) is 16.9. The number of aromatic hydroxyl groups is 1. The van der Waals surface area contributed by atoms with Crippen molar-refractivity contribution in [1.29, 1.82) is 0 Å². The van der Waals surface area contributed by atoms with Crippen LogP contribution in [-0.2, 0) is 36.8 Å². The first-order valence-electron chi connectivity index (χ1n) is 13.4. The molecular weight excluding hydrogens is 560 g/mol. The Bertz CT molecular complexity index is 1280. The number of carbonyl (C=O) groups is 5. The molecule has 0 radical (unpaired) electrons. The summed E-state index contributed by atoms with van der Waals surface area (Å²) >= 11 is 0. The number of phenolic OH excluding ortho intramolecular Hbond substituents is 1. The molecular formula is C28H38N8O7. The molecule has 2 aromatic carbocycles. The fourth-order valence-corrected chi connectivity index (χ4v) is 4.03. The summed E-state index contributed by atoms with van der Waals surface area (Å²) < 4.78 is 0. The Labute approximate surface area is 248 Å².